The van der Waals surface area contributed by atoms with Crippen LogP contribution >= 0.6 is 11.3 Å². The average molecular weight is 264 g/mol. The summed E-state index contributed by atoms with van der Waals surface area (Å²) in [5.41, 5.74) is 1.05. The van der Waals surface area contributed by atoms with Gasteiger partial charge in [0.05, 0.1) is 22.9 Å². The largest absolute Gasteiger partial charge is 0.395 e. The molecule has 2 atom stereocenters. The van der Waals surface area contributed by atoms with E-state index in [-0.39, 0.29) is 18.7 Å². The Balaban J connectivity index is 2.15. The molecule has 0 aliphatic rings. The Morgan fingerprint density at radius 1 is 1.28 bits per heavy atom. The van der Waals surface area contributed by atoms with E-state index in [4.69, 9.17) is 0 Å². The van der Waals surface area contributed by atoms with Crippen molar-refractivity contribution < 1.29 is 5.11 Å². The molecule has 2 N–H and O–H groups in total. The van der Waals surface area contributed by atoms with Gasteiger partial charge in [-0.1, -0.05) is 26.0 Å². The molecule has 0 bridgehead atoms. The second kappa shape index (κ2) is 5.78. The zero-order valence-corrected chi connectivity index (χ0v) is 11.9. The molecule has 0 saturated carbocycles. The SMILES string of the molecule is CC(NC(CO)C(C)C)c1nc2ccccc2s1. The third kappa shape index (κ3) is 2.88. The molecule has 0 aliphatic heterocycles. The second-order valence-corrected chi connectivity index (χ2v) is 6.00. The van der Waals surface area contributed by atoms with E-state index in [2.05, 4.69) is 37.1 Å². The molecule has 4 heteroatoms. The number of hydrogen-bond acceptors (Lipinski definition) is 4. The van der Waals surface area contributed by atoms with Gasteiger partial charge in [-0.05, 0) is 25.0 Å². The van der Waals surface area contributed by atoms with Crippen LogP contribution in [0.5, 0.6) is 0 Å². The predicted molar refractivity (Wildman–Crippen MR) is 76.9 cm³/mol. The zero-order chi connectivity index (χ0) is 13.1. The summed E-state index contributed by atoms with van der Waals surface area (Å²) in [7, 11) is 0. The van der Waals surface area contributed by atoms with Gasteiger partial charge in [0.1, 0.15) is 5.01 Å². The molecule has 0 spiro atoms. The third-order valence-electron chi connectivity index (χ3n) is 3.15. The molecule has 2 aromatic rings. The topological polar surface area (TPSA) is 45.1 Å². The average Bonchev–Trinajstić information content (AvgIpc) is 2.79. The highest BCUT2D eigenvalue weighted by molar-refractivity contribution is 7.18. The maximum atomic E-state index is 9.35. The van der Waals surface area contributed by atoms with Crippen molar-refractivity contribution in [3.05, 3.63) is 29.3 Å². The van der Waals surface area contributed by atoms with E-state index in [9.17, 15) is 5.11 Å². The van der Waals surface area contributed by atoms with E-state index in [1.54, 1.807) is 11.3 Å². The molecule has 1 aromatic heterocycles. The molecule has 98 valence electrons. The fraction of sp³-hybridized carbons (Fsp3) is 0.500. The maximum Gasteiger partial charge on any atom is 0.111 e. The minimum Gasteiger partial charge on any atom is -0.395 e. The summed E-state index contributed by atoms with van der Waals surface area (Å²) < 4.78 is 1.21. The first-order valence-corrected chi connectivity index (χ1v) is 7.16. The number of aliphatic hydroxyl groups is 1. The first-order valence-electron chi connectivity index (χ1n) is 6.34. The van der Waals surface area contributed by atoms with Gasteiger partial charge < -0.3 is 10.4 Å². The highest BCUT2D eigenvalue weighted by Crippen LogP contribution is 2.26. The molecule has 3 nitrogen and oxygen atoms in total. The minimum absolute atomic E-state index is 0.118. The number of benzene rings is 1. The number of rotatable bonds is 5. The van der Waals surface area contributed by atoms with Crippen molar-refractivity contribution in [1.29, 1.82) is 0 Å². The number of nitrogens with one attached hydrogen (secondary N) is 1. The van der Waals surface area contributed by atoms with Gasteiger partial charge in [-0.25, -0.2) is 4.98 Å². The van der Waals surface area contributed by atoms with Gasteiger partial charge in [0.25, 0.3) is 0 Å². The molecule has 0 fully saturated rings. The number of fused-ring (bicyclic) bond motifs is 1. The van der Waals surface area contributed by atoms with Crippen molar-refractivity contribution in [2.75, 3.05) is 6.61 Å². The summed E-state index contributed by atoms with van der Waals surface area (Å²) in [6.07, 6.45) is 0. The van der Waals surface area contributed by atoms with Crippen LogP contribution in [0.3, 0.4) is 0 Å². The molecule has 2 rings (SSSR count). The van der Waals surface area contributed by atoms with Crippen molar-refractivity contribution >= 4 is 21.6 Å². The Morgan fingerprint density at radius 2 is 2.00 bits per heavy atom. The lowest BCUT2D eigenvalue weighted by Crippen LogP contribution is -2.38. The molecular formula is C14H20N2OS. The highest BCUT2D eigenvalue weighted by Gasteiger charge is 2.18. The van der Waals surface area contributed by atoms with Gasteiger partial charge in [0.2, 0.25) is 0 Å². The van der Waals surface area contributed by atoms with Gasteiger partial charge in [-0.3, -0.25) is 0 Å². The summed E-state index contributed by atoms with van der Waals surface area (Å²) >= 11 is 1.71. The molecule has 1 heterocycles. The van der Waals surface area contributed by atoms with E-state index in [1.165, 1.54) is 4.70 Å². The Bertz CT molecular complexity index is 476. The Morgan fingerprint density at radius 3 is 2.61 bits per heavy atom. The highest BCUT2D eigenvalue weighted by atomic mass is 32.1. The number of aromatic nitrogens is 1. The van der Waals surface area contributed by atoms with Gasteiger partial charge in [-0.2, -0.15) is 0 Å². The van der Waals surface area contributed by atoms with Gasteiger partial charge in [0.15, 0.2) is 0 Å². The van der Waals surface area contributed by atoms with Crippen molar-refractivity contribution in [3.8, 4) is 0 Å². The number of hydrogen-bond donors (Lipinski definition) is 2. The van der Waals surface area contributed by atoms with E-state index in [0.717, 1.165) is 10.5 Å². The van der Waals surface area contributed by atoms with Gasteiger partial charge in [0, 0.05) is 6.04 Å². The van der Waals surface area contributed by atoms with Crippen LogP contribution in [0.2, 0.25) is 0 Å². The van der Waals surface area contributed by atoms with Crippen LogP contribution in [0, 0.1) is 5.92 Å². The number of nitrogens with zero attached hydrogens (tertiary/aromatic N) is 1. The van der Waals surface area contributed by atoms with Crippen LogP contribution in [0.4, 0.5) is 0 Å². The molecule has 0 amide bonds. The van der Waals surface area contributed by atoms with Crippen LogP contribution in [0.1, 0.15) is 31.8 Å². The molecule has 18 heavy (non-hydrogen) atoms. The molecule has 2 unspecified atom stereocenters. The van der Waals surface area contributed by atoms with Crippen LogP contribution in [-0.4, -0.2) is 22.7 Å². The van der Waals surface area contributed by atoms with Crippen molar-refractivity contribution in [3.63, 3.8) is 0 Å². The van der Waals surface area contributed by atoms with E-state index in [1.807, 2.05) is 18.2 Å². The van der Waals surface area contributed by atoms with Crippen LogP contribution in [-0.2, 0) is 0 Å². The summed E-state index contributed by atoms with van der Waals surface area (Å²) in [5.74, 6) is 0.409. The summed E-state index contributed by atoms with van der Waals surface area (Å²) in [5, 5.41) is 13.9. The van der Waals surface area contributed by atoms with Crippen LogP contribution in [0.25, 0.3) is 10.2 Å². The zero-order valence-electron chi connectivity index (χ0n) is 11.1. The first kappa shape index (κ1) is 13.5. The normalized spacial score (nSPS) is 15.2. The van der Waals surface area contributed by atoms with Crippen molar-refractivity contribution in [1.82, 2.24) is 10.3 Å². The first-order chi connectivity index (χ1) is 8.61. The van der Waals surface area contributed by atoms with E-state index >= 15 is 0 Å². The lowest BCUT2D eigenvalue weighted by molar-refractivity contribution is 0.201. The van der Waals surface area contributed by atoms with Gasteiger partial charge in [-0.15, -0.1) is 11.3 Å². The molecule has 1 aromatic carbocycles. The third-order valence-corrected chi connectivity index (χ3v) is 4.37. The number of aliphatic hydroxyl groups excluding tert-OH is 1. The fourth-order valence-corrected chi connectivity index (χ4v) is 2.90. The summed E-state index contributed by atoms with van der Waals surface area (Å²) in [6, 6.07) is 8.46. The fourth-order valence-electron chi connectivity index (χ4n) is 1.92. The van der Waals surface area contributed by atoms with E-state index in [0.29, 0.717) is 5.92 Å². The lowest BCUT2D eigenvalue weighted by Gasteiger charge is -2.23. The minimum atomic E-state index is 0.118. The maximum absolute atomic E-state index is 9.35. The summed E-state index contributed by atoms with van der Waals surface area (Å²) in [6.45, 7) is 6.48. The van der Waals surface area contributed by atoms with Gasteiger partial charge >= 0.3 is 0 Å². The quantitative estimate of drug-likeness (QED) is 0.872. The number of para-hydroxylation sites is 1. The van der Waals surface area contributed by atoms with Crippen LogP contribution in [0.15, 0.2) is 24.3 Å². The predicted octanol–water partition coefficient (Wildman–Crippen LogP) is 2.96. The molecule has 0 radical (unpaired) electrons. The Labute approximate surface area is 112 Å². The monoisotopic (exact) mass is 264 g/mol. The summed E-state index contributed by atoms with van der Waals surface area (Å²) in [4.78, 5) is 4.63. The Hall–Kier alpha value is -0.970. The van der Waals surface area contributed by atoms with Crippen LogP contribution < -0.4 is 5.32 Å². The van der Waals surface area contributed by atoms with Crippen molar-refractivity contribution in [2.24, 2.45) is 5.92 Å². The van der Waals surface area contributed by atoms with Crippen molar-refractivity contribution in [2.45, 2.75) is 32.9 Å². The smallest absolute Gasteiger partial charge is 0.111 e. The Kier molecular flexibility index (Phi) is 4.32. The molecule has 0 aliphatic carbocycles. The second-order valence-electron chi connectivity index (χ2n) is 4.94. The molecule has 0 saturated heterocycles. The standard InChI is InChI=1S/C14H20N2OS/c1-9(2)12(8-17)15-10(3)14-16-11-6-4-5-7-13(11)18-14/h4-7,9-10,12,15,17H,8H2,1-3H3. The number of thiazole rings is 1. The lowest BCUT2D eigenvalue weighted by atomic mass is 10.0. The molecular weight excluding hydrogens is 244 g/mol. The van der Waals surface area contributed by atoms with E-state index < -0.39 is 0 Å².